The molecule has 0 radical (unpaired) electrons. The highest BCUT2D eigenvalue weighted by Crippen LogP contribution is 2.49. The Kier molecular flexibility index (Phi) is 12.0. The van der Waals surface area contributed by atoms with Crippen molar-refractivity contribution in [2.24, 2.45) is 5.41 Å². The maximum Gasteiger partial charge on any atom is 0.472 e. The Balaban J connectivity index is 2.10. The van der Waals surface area contributed by atoms with Gasteiger partial charge >= 0.3 is 19.5 Å². The molecule has 0 spiro atoms. The lowest BCUT2D eigenvalue weighted by Crippen LogP contribution is -2.41. The van der Waals surface area contributed by atoms with Gasteiger partial charge in [-0.05, 0) is 19.6 Å². The summed E-state index contributed by atoms with van der Waals surface area (Å²) in [7, 11) is -1.84. The number of H-pyrrole nitrogens is 1. The van der Waals surface area contributed by atoms with Gasteiger partial charge in [-0.1, -0.05) is 28.5 Å². The molecule has 2 heterocycles. The highest BCUT2D eigenvalue weighted by atomic mass is 33.1. The van der Waals surface area contributed by atoms with Crippen LogP contribution in [0.4, 0.5) is 0 Å². The highest BCUT2D eigenvalue weighted by Gasteiger charge is 2.45. The Bertz CT molecular complexity index is 990. The Labute approximate surface area is 209 Å². The zero-order valence-corrected chi connectivity index (χ0v) is 22.1. The summed E-state index contributed by atoms with van der Waals surface area (Å²) in [5, 5.41) is 9.64. The van der Waals surface area contributed by atoms with E-state index in [-0.39, 0.29) is 26.1 Å². The van der Waals surface area contributed by atoms with Gasteiger partial charge in [0.2, 0.25) is 0 Å². The topological polar surface area (TPSA) is 176 Å². The molecule has 0 aromatic carbocycles. The number of esters is 1. The van der Waals surface area contributed by atoms with Crippen LogP contribution >= 0.6 is 29.4 Å². The first-order valence-electron chi connectivity index (χ1n) is 10.8. The van der Waals surface area contributed by atoms with Gasteiger partial charge in [-0.3, -0.25) is 28.2 Å². The number of aromatic amines is 1. The number of aliphatic hydroxyl groups excluding tert-OH is 1. The third-order valence-electron chi connectivity index (χ3n) is 5.31. The summed E-state index contributed by atoms with van der Waals surface area (Å²) in [5.41, 5.74) is -2.68. The molecule has 1 fully saturated rings. The van der Waals surface area contributed by atoms with E-state index < -0.39 is 62.1 Å². The van der Waals surface area contributed by atoms with Gasteiger partial charge in [0.1, 0.15) is 29.8 Å². The van der Waals surface area contributed by atoms with Crippen molar-refractivity contribution in [3.8, 4) is 0 Å². The van der Waals surface area contributed by atoms with Crippen molar-refractivity contribution in [3.63, 3.8) is 0 Å². The molecule has 1 aliphatic heterocycles. The number of aromatic nitrogens is 2. The lowest BCUT2D eigenvalue weighted by Gasteiger charge is -2.30. The molecule has 16 heteroatoms. The molecule has 3 unspecified atom stereocenters. The first-order valence-corrected chi connectivity index (χ1v) is 15.0. The van der Waals surface area contributed by atoms with Gasteiger partial charge in [0.15, 0.2) is 0 Å². The van der Waals surface area contributed by atoms with Crippen molar-refractivity contribution in [3.05, 3.63) is 33.1 Å². The lowest BCUT2D eigenvalue weighted by atomic mass is 9.87. The van der Waals surface area contributed by atoms with E-state index in [4.69, 9.17) is 23.3 Å². The van der Waals surface area contributed by atoms with Crippen LogP contribution in [0.5, 0.6) is 0 Å². The van der Waals surface area contributed by atoms with Crippen molar-refractivity contribution >= 4 is 35.4 Å². The van der Waals surface area contributed by atoms with Crippen LogP contribution in [-0.2, 0) is 32.6 Å². The van der Waals surface area contributed by atoms with Gasteiger partial charge in [0, 0.05) is 18.7 Å². The van der Waals surface area contributed by atoms with E-state index in [9.17, 15) is 28.9 Å². The quantitative estimate of drug-likeness (QED) is 0.0923. The van der Waals surface area contributed by atoms with Gasteiger partial charge in [-0.2, -0.15) is 0 Å². The van der Waals surface area contributed by atoms with E-state index in [1.165, 1.54) is 27.8 Å². The zero-order valence-electron chi connectivity index (χ0n) is 19.6. The molecule has 0 aliphatic carbocycles. The van der Waals surface area contributed by atoms with E-state index in [2.05, 4.69) is 4.98 Å². The molecule has 1 aliphatic rings. The maximum absolute atomic E-state index is 12.8. The summed E-state index contributed by atoms with van der Waals surface area (Å²) in [6.45, 7) is 2.27. The maximum atomic E-state index is 12.8. The van der Waals surface area contributed by atoms with Crippen molar-refractivity contribution in [1.29, 1.82) is 0 Å². The number of nitrogens with zero attached hydrogens (tertiary/aromatic N) is 1. The van der Waals surface area contributed by atoms with Crippen molar-refractivity contribution in [1.82, 2.24) is 9.55 Å². The summed E-state index contributed by atoms with van der Waals surface area (Å²) < 4.78 is 40.5. The number of nitrogens with one attached hydrogen (secondary N) is 1. The summed E-state index contributed by atoms with van der Waals surface area (Å²) >= 11 is 0. The van der Waals surface area contributed by atoms with E-state index in [0.717, 1.165) is 10.6 Å². The minimum absolute atomic E-state index is 0.0864. The van der Waals surface area contributed by atoms with E-state index in [0.29, 0.717) is 5.94 Å². The number of carbonyl (C=O) groups is 1. The molecule has 3 N–H and O–H groups in total. The average molecular weight is 559 g/mol. The van der Waals surface area contributed by atoms with Crippen molar-refractivity contribution in [2.45, 2.75) is 45.1 Å². The van der Waals surface area contributed by atoms with E-state index in [1.54, 1.807) is 13.8 Å². The number of phosphoric ester groups is 1. The summed E-state index contributed by atoms with van der Waals surface area (Å²) in [6.07, 6.45) is 0.0817. The molecular formula is C19H31N2O11PS2. The molecule has 13 nitrogen and oxygen atoms in total. The smallest absolute Gasteiger partial charge is 0.465 e. The van der Waals surface area contributed by atoms with E-state index in [1.807, 2.05) is 6.26 Å². The van der Waals surface area contributed by atoms with Crippen LogP contribution in [0.3, 0.4) is 0 Å². The van der Waals surface area contributed by atoms with Gasteiger partial charge in [0.25, 0.3) is 5.56 Å². The second-order valence-corrected chi connectivity index (χ2v) is 11.5. The summed E-state index contributed by atoms with van der Waals surface area (Å²) in [5.74, 6) is -0.342. The standard InChI is InChI=1S/C19H31N2O11PS2/c1-4-19(17(24)29-5-2,10-28-12-35-34-3)11-30-33(26,27)32-13-8-16(31-14(13)9-22)21-7-6-15(23)20-18(21)25/h6-7,13-14,16,22H,4-5,8-12H2,1-3H3,(H,26,27)(H,20,23,25)/t13?,14-,16-,19?/m1/s1. The second kappa shape index (κ2) is 14.0. The number of ether oxygens (including phenoxy) is 3. The molecule has 5 atom stereocenters. The Morgan fingerprint density at radius 3 is 2.71 bits per heavy atom. The Hall–Kier alpha value is -1.16. The number of aliphatic hydroxyl groups is 1. The first-order chi connectivity index (χ1) is 16.6. The third-order valence-corrected chi connectivity index (χ3v) is 7.79. The van der Waals surface area contributed by atoms with Crippen LogP contribution < -0.4 is 11.2 Å². The molecule has 1 aromatic heterocycles. The van der Waals surface area contributed by atoms with Crippen LogP contribution in [0.25, 0.3) is 0 Å². The number of hydrogen-bond donors (Lipinski definition) is 3. The SMILES string of the molecule is CCOC(=O)C(CC)(COCSSC)COP(=O)(O)OC1C[C@H](n2ccc(=O)[nH]c2=O)O[C@@H]1CO. The van der Waals surface area contributed by atoms with Gasteiger partial charge in [-0.25, -0.2) is 9.36 Å². The molecule has 0 bridgehead atoms. The molecule has 1 aromatic rings. The molecule has 35 heavy (non-hydrogen) atoms. The molecule has 2 rings (SSSR count). The van der Waals surface area contributed by atoms with Crippen molar-refractivity contribution < 1.29 is 42.6 Å². The fraction of sp³-hybridized carbons (Fsp3) is 0.737. The van der Waals surface area contributed by atoms with Crippen molar-refractivity contribution in [2.75, 3.05) is 38.6 Å². The fourth-order valence-corrected chi connectivity index (χ4v) is 5.09. The van der Waals surface area contributed by atoms with Gasteiger partial charge < -0.3 is 24.2 Å². The van der Waals surface area contributed by atoms with Crippen LogP contribution in [0.1, 0.15) is 32.9 Å². The zero-order chi connectivity index (χ0) is 26.1. The number of hydrogen-bond acceptors (Lipinski definition) is 12. The number of carbonyl (C=O) groups excluding carboxylic acids is 1. The van der Waals surface area contributed by atoms with Gasteiger partial charge in [-0.15, -0.1) is 0 Å². The first kappa shape index (κ1) is 30.1. The predicted octanol–water partition coefficient (Wildman–Crippen LogP) is 1.26. The van der Waals surface area contributed by atoms with Crippen LogP contribution in [0.2, 0.25) is 0 Å². The summed E-state index contributed by atoms with van der Waals surface area (Å²) in [4.78, 5) is 48.4. The lowest BCUT2D eigenvalue weighted by molar-refractivity contribution is -0.162. The minimum Gasteiger partial charge on any atom is -0.465 e. The minimum atomic E-state index is -4.75. The Morgan fingerprint density at radius 2 is 2.11 bits per heavy atom. The fourth-order valence-electron chi connectivity index (χ4n) is 3.32. The summed E-state index contributed by atoms with van der Waals surface area (Å²) in [6, 6.07) is 1.12. The predicted molar refractivity (Wildman–Crippen MR) is 129 cm³/mol. The van der Waals surface area contributed by atoms with Crippen LogP contribution in [0, 0.1) is 5.41 Å². The molecular weight excluding hydrogens is 527 g/mol. The number of rotatable bonds is 15. The third kappa shape index (κ3) is 8.44. The molecule has 1 saturated heterocycles. The van der Waals surface area contributed by atoms with Crippen LogP contribution in [-0.4, -0.2) is 76.4 Å². The number of phosphoric acid groups is 1. The molecule has 0 saturated carbocycles. The second-order valence-electron chi connectivity index (χ2n) is 7.56. The monoisotopic (exact) mass is 558 g/mol. The largest absolute Gasteiger partial charge is 0.472 e. The normalized spacial score (nSPS) is 23.5. The van der Waals surface area contributed by atoms with Crippen LogP contribution in [0.15, 0.2) is 21.9 Å². The Morgan fingerprint density at radius 1 is 1.37 bits per heavy atom. The van der Waals surface area contributed by atoms with Gasteiger partial charge in [0.05, 0.1) is 26.4 Å². The molecule has 0 amide bonds. The van der Waals surface area contributed by atoms with E-state index >= 15 is 0 Å². The molecule has 200 valence electrons. The average Bonchev–Trinajstić information content (AvgIpc) is 3.20. The highest BCUT2D eigenvalue weighted by molar-refractivity contribution is 8.76.